The van der Waals surface area contributed by atoms with Crippen LogP contribution in [0.2, 0.25) is 0 Å². The van der Waals surface area contributed by atoms with E-state index in [9.17, 15) is 19.7 Å². The standard InChI is InChI=1S/C18H19N3O5/c1-11-8-15(16(21(24)25)9-12(11)2)20-17(22)10-26-18(23)13-6-4-5-7-14(13)19-3/h4-9,19H,10H2,1-3H3,(H,20,22). The fraction of sp³-hybridized carbons (Fsp3) is 0.222. The molecule has 0 unspecified atom stereocenters. The van der Waals surface area contributed by atoms with Crippen molar-refractivity contribution in [2.24, 2.45) is 0 Å². The number of nitrogens with zero attached hydrogens (tertiary/aromatic N) is 1. The molecule has 0 aromatic heterocycles. The van der Waals surface area contributed by atoms with Crippen molar-refractivity contribution in [2.75, 3.05) is 24.3 Å². The van der Waals surface area contributed by atoms with Crippen LogP contribution in [0.5, 0.6) is 0 Å². The number of carbonyl (C=O) groups excluding carboxylic acids is 2. The number of ether oxygens (including phenoxy) is 1. The summed E-state index contributed by atoms with van der Waals surface area (Å²) in [6.07, 6.45) is 0. The number of aryl methyl sites for hydroxylation is 2. The highest BCUT2D eigenvalue weighted by atomic mass is 16.6. The highest BCUT2D eigenvalue weighted by molar-refractivity contribution is 5.99. The molecular formula is C18H19N3O5. The minimum atomic E-state index is -0.667. The number of hydrogen-bond donors (Lipinski definition) is 2. The zero-order valence-corrected chi connectivity index (χ0v) is 14.7. The molecule has 136 valence electrons. The van der Waals surface area contributed by atoms with Crippen molar-refractivity contribution < 1.29 is 19.2 Å². The first-order valence-electron chi connectivity index (χ1n) is 7.83. The van der Waals surface area contributed by atoms with Gasteiger partial charge in [-0.05, 0) is 43.2 Å². The minimum absolute atomic E-state index is 0.0646. The summed E-state index contributed by atoms with van der Waals surface area (Å²) in [4.78, 5) is 34.7. The van der Waals surface area contributed by atoms with Crippen molar-refractivity contribution in [3.63, 3.8) is 0 Å². The Morgan fingerprint density at radius 1 is 1.12 bits per heavy atom. The van der Waals surface area contributed by atoms with E-state index in [0.717, 1.165) is 11.1 Å². The highest BCUT2D eigenvalue weighted by Crippen LogP contribution is 2.27. The van der Waals surface area contributed by atoms with Crippen molar-refractivity contribution in [1.82, 2.24) is 0 Å². The minimum Gasteiger partial charge on any atom is -0.452 e. The number of nitro benzene ring substituents is 1. The van der Waals surface area contributed by atoms with E-state index in [-0.39, 0.29) is 11.4 Å². The summed E-state index contributed by atoms with van der Waals surface area (Å²) in [5, 5.41) is 16.4. The molecule has 26 heavy (non-hydrogen) atoms. The molecule has 2 rings (SSSR count). The first-order chi connectivity index (χ1) is 12.3. The molecule has 0 aliphatic rings. The first-order valence-corrected chi connectivity index (χ1v) is 7.83. The van der Waals surface area contributed by atoms with Crippen molar-refractivity contribution in [3.8, 4) is 0 Å². The molecule has 2 aromatic carbocycles. The predicted octanol–water partition coefficient (Wildman–Crippen LogP) is 3.05. The number of anilines is 2. The van der Waals surface area contributed by atoms with Crippen molar-refractivity contribution in [2.45, 2.75) is 13.8 Å². The summed E-state index contributed by atoms with van der Waals surface area (Å²) in [6, 6.07) is 9.61. The molecule has 0 atom stereocenters. The first kappa shape index (κ1) is 18.9. The van der Waals surface area contributed by atoms with E-state index in [2.05, 4.69) is 10.6 Å². The van der Waals surface area contributed by atoms with Crippen LogP contribution in [-0.4, -0.2) is 30.5 Å². The van der Waals surface area contributed by atoms with Crippen LogP contribution in [-0.2, 0) is 9.53 Å². The number of nitrogens with one attached hydrogen (secondary N) is 2. The van der Waals surface area contributed by atoms with Gasteiger partial charge in [0.1, 0.15) is 5.69 Å². The number of amides is 1. The largest absolute Gasteiger partial charge is 0.452 e. The average molecular weight is 357 g/mol. The molecule has 8 heteroatoms. The number of para-hydroxylation sites is 1. The van der Waals surface area contributed by atoms with Gasteiger partial charge in [0.15, 0.2) is 6.61 Å². The lowest BCUT2D eigenvalue weighted by Crippen LogP contribution is -2.22. The molecular weight excluding hydrogens is 338 g/mol. The molecule has 8 nitrogen and oxygen atoms in total. The van der Waals surface area contributed by atoms with E-state index in [4.69, 9.17) is 4.74 Å². The molecule has 0 aliphatic heterocycles. The summed E-state index contributed by atoms with van der Waals surface area (Å²) in [5.74, 6) is -1.33. The molecule has 2 N–H and O–H groups in total. The monoisotopic (exact) mass is 357 g/mol. The van der Waals surface area contributed by atoms with Gasteiger partial charge in [-0.2, -0.15) is 0 Å². The number of nitro groups is 1. The number of rotatable bonds is 6. The van der Waals surface area contributed by atoms with Gasteiger partial charge in [0.25, 0.3) is 11.6 Å². The number of esters is 1. The van der Waals surface area contributed by atoms with Gasteiger partial charge in [-0.1, -0.05) is 12.1 Å². The Balaban J connectivity index is 2.07. The van der Waals surface area contributed by atoms with Gasteiger partial charge in [-0.15, -0.1) is 0 Å². The lowest BCUT2D eigenvalue weighted by molar-refractivity contribution is -0.384. The third-order valence-electron chi connectivity index (χ3n) is 3.83. The zero-order chi connectivity index (χ0) is 19.3. The summed E-state index contributed by atoms with van der Waals surface area (Å²) in [7, 11) is 1.66. The van der Waals surface area contributed by atoms with Crippen LogP contribution < -0.4 is 10.6 Å². The fourth-order valence-electron chi connectivity index (χ4n) is 2.33. The van der Waals surface area contributed by atoms with Gasteiger partial charge in [0.2, 0.25) is 0 Å². The van der Waals surface area contributed by atoms with Gasteiger partial charge in [-0.3, -0.25) is 14.9 Å². The normalized spacial score (nSPS) is 10.1. The maximum absolute atomic E-state index is 12.1. The Morgan fingerprint density at radius 2 is 1.77 bits per heavy atom. The van der Waals surface area contributed by atoms with E-state index in [1.54, 1.807) is 45.2 Å². The molecule has 0 saturated heterocycles. The molecule has 0 fully saturated rings. The van der Waals surface area contributed by atoms with Gasteiger partial charge in [0, 0.05) is 18.8 Å². The molecule has 0 radical (unpaired) electrons. The molecule has 0 saturated carbocycles. The summed E-state index contributed by atoms with van der Waals surface area (Å²) < 4.78 is 5.00. The van der Waals surface area contributed by atoms with Crippen LogP contribution in [0.4, 0.5) is 17.1 Å². The second-order valence-electron chi connectivity index (χ2n) is 5.63. The Kier molecular flexibility index (Phi) is 5.90. The predicted molar refractivity (Wildman–Crippen MR) is 97.5 cm³/mol. The van der Waals surface area contributed by atoms with Crippen LogP contribution >= 0.6 is 0 Å². The summed E-state index contributed by atoms with van der Waals surface area (Å²) >= 11 is 0. The van der Waals surface area contributed by atoms with E-state index in [0.29, 0.717) is 11.3 Å². The highest BCUT2D eigenvalue weighted by Gasteiger charge is 2.19. The number of hydrogen-bond acceptors (Lipinski definition) is 6. The van der Waals surface area contributed by atoms with Crippen molar-refractivity contribution >= 4 is 28.9 Å². The number of benzene rings is 2. The molecule has 0 heterocycles. The van der Waals surface area contributed by atoms with Gasteiger partial charge in [0.05, 0.1) is 10.5 Å². The van der Waals surface area contributed by atoms with Crippen molar-refractivity contribution in [1.29, 1.82) is 0 Å². The number of carbonyl (C=O) groups is 2. The molecule has 0 aliphatic carbocycles. The summed E-state index contributed by atoms with van der Waals surface area (Å²) in [5.41, 5.74) is 2.25. The Labute approximate surface area is 150 Å². The topological polar surface area (TPSA) is 111 Å². The lowest BCUT2D eigenvalue weighted by Gasteiger charge is -2.10. The van der Waals surface area contributed by atoms with Gasteiger partial charge < -0.3 is 15.4 Å². The van der Waals surface area contributed by atoms with Gasteiger partial charge in [-0.25, -0.2) is 4.79 Å². The Morgan fingerprint density at radius 3 is 2.42 bits per heavy atom. The second-order valence-corrected chi connectivity index (χ2v) is 5.63. The lowest BCUT2D eigenvalue weighted by atomic mass is 10.1. The quantitative estimate of drug-likeness (QED) is 0.467. The van der Waals surface area contributed by atoms with Crippen LogP contribution in [0.3, 0.4) is 0 Å². The molecule has 1 amide bonds. The smallest absolute Gasteiger partial charge is 0.340 e. The van der Waals surface area contributed by atoms with Gasteiger partial charge >= 0.3 is 5.97 Å². The second kappa shape index (κ2) is 8.11. The van der Waals surface area contributed by atoms with Crippen molar-refractivity contribution in [3.05, 3.63) is 63.2 Å². The third-order valence-corrected chi connectivity index (χ3v) is 3.83. The molecule has 0 bridgehead atoms. The van der Waals surface area contributed by atoms with E-state index in [1.807, 2.05) is 0 Å². The zero-order valence-electron chi connectivity index (χ0n) is 14.7. The Bertz CT molecular complexity index is 864. The van der Waals surface area contributed by atoms with E-state index < -0.39 is 23.4 Å². The molecule has 0 spiro atoms. The Hall–Kier alpha value is -3.42. The van der Waals surface area contributed by atoms with E-state index in [1.165, 1.54) is 12.1 Å². The SMILES string of the molecule is CNc1ccccc1C(=O)OCC(=O)Nc1cc(C)c(C)cc1[N+](=O)[O-]. The fourth-order valence-corrected chi connectivity index (χ4v) is 2.33. The molecule has 2 aromatic rings. The van der Waals surface area contributed by atoms with Crippen LogP contribution in [0, 0.1) is 24.0 Å². The maximum atomic E-state index is 12.1. The van der Waals surface area contributed by atoms with Crippen LogP contribution in [0.15, 0.2) is 36.4 Å². The maximum Gasteiger partial charge on any atom is 0.340 e. The summed E-state index contributed by atoms with van der Waals surface area (Å²) in [6.45, 7) is 2.97. The van der Waals surface area contributed by atoms with Crippen LogP contribution in [0.1, 0.15) is 21.5 Å². The third kappa shape index (κ3) is 4.35. The van der Waals surface area contributed by atoms with E-state index >= 15 is 0 Å². The average Bonchev–Trinajstić information content (AvgIpc) is 2.62. The van der Waals surface area contributed by atoms with Crippen LogP contribution in [0.25, 0.3) is 0 Å².